The molecule has 0 amide bonds. The maximum absolute atomic E-state index is 11.9. The number of nitrogens with one attached hydrogen (secondary N) is 1. The number of nitrogens with zero attached hydrogens (tertiary/aromatic N) is 2. The molecule has 11 heteroatoms. The first-order chi connectivity index (χ1) is 18.3. The molecule has 2 aromatic heterocycles. The van der Waals surface area contributed by atoms with Crippen molar-refractivity contribution in [3.63, 3.8) is 0 Å². The third kappa shape index (κ3) is 7.52. The zero-order valence-corrected chi connectivity index (χ0v) is 22.3. The number of hydrogen-bond acceptors (Lipinski definition) is 9. The standard InChI is InChI=1S/C14H17N3O3.C13H20O5/c1-20-14(19)10-4-2-9(3-5-10)11-8-13(18)17-12(16-11)6-7-15-17;1-3-18-12(15)8-11(14)9-4-6-10(7-5-9)13(16)17-2/h6-10,15H,2-5H2,1H3;9-10H,3-8H2,1-2H3. The molecule has 38 heavy (non-hydrogen) atoms. The number of rotatable bonds is 7. The van der Waals surface area contributed by atoms with E-state index in [0.29, 0.717) is 37.9 Å². The van der Waals surface area contributed by atoms with Crippen molar-refractivity contribution in [2.75, 3.05) is 20.8 Å². The van der Waals surface area contributed by atoms with Crippen LogP contribution in [0.2, 0.25) is 0 Å². The molecule has 2 aliphatic rings. The van der Waals surface area contributed by atoms with Gasteiger partial charge in [0.2, 0.25) is 0 Å². The van der Waals surface area contributed by atoms with E-state index in [-0.39, 0.29) is 53.4 Å². The lowest BCUT2D eigenvalue weighted by Crippen LogP contribution is -2.28. The highest BCUT2D eigenvalue weighted by Gasteiger charge is 2.31. The van der Waals surface area contributed by atoms with Crippen LogP contribution in [-0.2, 0) is 33.4 Å². The Kier molecular flexibility index (Phi) is 10.6. The van der Waals surface area contributed by atoms with Gasteiger partial charge in [-0.15, -0.1) is 0 Å². The van der Waals surface area contributed by atoms with Crippen molar-refractivity contribution in [1.82, 2.24) is 14.6 Å². The fraction of sp³-hybridized carbons (Fsp3) is 0.630. The number of Topliss-reactive ketones (excluding diaryl/α,β-unsaturated/α-hetero) is 1. The first-order valence-corrected chi connectivity index (χ1v) is 13.2. The predicted molar refractivity (Wildman–Crippen MR) is 136 cm³/mol. The van der Waals surface area contributed by atoms with Crippen molar-refractivity contribution >= 4 is 29.3 Å². The van der Waals surface area contributed by atoms with Gasteiger partial charge in [0.25, 0.3) is 5.56 Å². The van der Waals surface area contributed by atoms with Crippen molar-refractivity contribution in [2.24, 2.45) is 17.8 Å². The molecule has 0 radical (unpaired) electrons. The minimum atomic E-state index is -0.461. The first-order valence-electron chi connectivity index (χ1n) is 13.2. The second-order valence-corrected chi connectivity index (χ2v) is 9.77. The molecule has 0 aliphatic heterocycles. The van der Waals surface area contributed by atoms with Gasteiger partial charge in [-0.25, -0.2) is 9.50 Å². The highest BCUT2D eigenvalue weighted by molar-refractivity contribution is 5.96. The molecule has 2 heterocycles. The molecule has 0 unspecified atom stereocenters. The lowest BCUT2D eigenvalue weighted by molar-refractivity contribution is -0.149. The maximum Gasteiger partial charge on any atom is 0.313 e. The molecule has 4 rings (SSSR count). The van der Waals surface area contributed by atoms with Crippen LogP contribution in [0, 0.1) is 17.8 Å². The summed E-state index contributed by atoms with van der Waals surface area (Å²) in [6, 6.07) is 3.37. The number of carbonyl (C=O) groups excluding carboxylic acids is 4. The van der Waals surface area contributed by atoms with E-state index < -0.39 is 5.97 Å². The molecule has 0 spiro atoms. The summed E-state index contributed by atoms with van der Waals surface area (Å²) < 4.78 is 15.6. The molecule has 0 saturated heterocycles. The van der Waals surface area contributed by atoms with Gasteiger partial charge in [0.05, 0.1) is 38.4 Å². The minimum Gasteiger partial charge on any atom is -0.469 e. The van der Waals surface area contributed by atoms with Crippen LogP contribution >= 0.6 is 0 Å². The van der Waals surface area contributed by atoms with Crippen molar-refractivity contribution in [3.8, 4) is 0 Å². The summed E-state index contributed by atoms with van der Waals surface area (Å²) in [4.78, 5) is 62.3. The molecular formula is C27H37N3O8. The lowest BCUT2D eigenvalue weighted by Gasteiger charge is -2.26. The number of ether oxygens (including phenoxy) is 3. The highest BCUT2D eigenvalue weighted by atomic mass is 16.5. The number of methoxy groups -OCH3 is 2. The largest absolute Gasteiger partial charge is 0.469 e. The zero-order chi connectivity index (χ0) is 27.7. The van der Waals surface area contributed by atoms with Crippen LogP contribution in [0.25, 0.3) is 5.65 Å². The topological polar surface area (TPSA) is 146 Å². The summed E-state index contributed by atoms with van der Waals surface area (Å²) in [6.45, 7) is 2.01. The van der Waals surface area contributed by atoms with E-state index in [1.807, 2.05) is 0 Å². The van der Waals surface area contributed by atoms with Gasteiger partial charge in [-0.3, -0.25) is 29.1 Å². The molecule has 2 saturated carbocycles. The van der Waals surface area contributed by atoms with Crippen LogP contribution in [-0.4, -0.2) is 59.1 Å². The maximum atomic E-state index is 11.9. The smallest absolute Gasteiger partial charge is 0.313 e. The van der Waals surface area contributed by atoms with Gasteiger partial charge in [0, 0.05) is 30.2 Å². The molecule has 0 bridgehead atoms. The van der Waals surface area contributed by atoms with Crippen molar-refractivity contribution in [1.29, 1.82) is 0 Å². The van der Waals surface area contributed by atoms with Gasteiger partial charge < -0.3 is 14.2 Å². The Morgan fingerprint density at radius 2 is 1.47 bits per heavy atom. The van der Waals surface area contributed by atoms with Gasteiger partial charge in [0.1, 0.15) is 12.2 Å². The third-order valence-electron chi connectivity index (χ3n) is 7.42. The SMILES string of the molecule is CCOC(=O)CC(=O)C1CCC(C(=O)OC)CC1.COC(=O)C1CCC(c2cc(=O)n3[nH]ccc3n2)CC1. The lowest BCUT2D eigenvalue weighted by atomic mass is 9.79. The predicted octanol–water partition coefficient (Wildman–Crippen LogP) is 2.96. The van der Waals surface area contributed by atoms with Crippen LogP contribution < -0.4 is 5.56 Å². The summed E-state index contributed by atoms with van der Waals surface area (Å²) in [6.07, 6.45) is 7.49. The summed E-state index contributed by atoms with van der Waals surface area (Å²) in [7, 11) is 2.80. The van der Waals surface area contributed by atoms with E-state index in [1.165, 1.54) is 18.7 Å². The molecule has 11 nitrogen and oxygen atoms in total. The molecule has 0 atom stereocenters. The number of esters is 3. The van der Waals surface area contributed by atoms with Gasteiger partial charge in [-0.2, -0.15) is 0 Å². The number of carbonyl (C=O) groups is 4. The number of ketones is 1. The summed E-state index contributed by atoms with van der Waals surface area (Å²) in [5, 5.41) is 2.83. The van der Waals surface area contributed by atoms with Crippen LogP contribution in [0.5, 0.6) is 0 Å². The van der Waals surface area contributed by atoms with Crippen molar-refractivity contribution in [3.05, 3.63) is 34.4 Å². The van der Waals surface area contributed by atoms with Crippen LogP contribution in [0.15, 0.2) is 23.1 Å². The average Bonchev–Trinajstić information content (AvgIpc) is 3.42. The second kappa shape index (κ2) is 13.9. The Hall–Kier alpha value is -3.50. The third-order valence-corrected chi connectivity index (χ3v) is 7.42. The highest BCUT2D eigenvalue weighted by Crippen LogP contribution is 2.35. The fourth-order valence-corrected chi connectivity index (χ4v) is 5.26. The van der Waals surface area contributed by atoms with E-state index in [0.717, 1.165) is 31.4 Å². The Balaban J connectivity index is 0.000000212. The summed E-state index contributed by atoms with van der Waals surface area (Å²) >= 11 is 0. The minimum absolute atomic E-state index is 0.00617. The van der Waals surface area contributed by atoms with Crippen LogP contribution in [0.4, 0.5) is 0 Å². The Labute approximate surface area is 221 Å². The van der Waals surface area contributed by atoms with Crippen LogP contribution in [0.1, 0.15) is 76.3 Å². The monoisotopic (exact) mass is 531 g/mol. The van der Waals surface area contributed by atoms with Gasteiger partial charge in [-0.1, -0.05) is 0 Å². The first kappa shape index (κ1) is 29.1. The Bertz CT molecular complexity index is 1170. The van der Waals surface area contributed by atoms with E-state index >= 15 is 0 Å². The molecule has 208 valence electrons. The normalized spacial score (nSPS) is 23.0. The average molecular weight is 532 g/mol. The molecule has 1 N–H and O–H groups in total. The number of H-pyrrole nitrogens is 1. The van der Waals surface area contributed by atoms with Gasteiger partial charge >= 0.3 is 17.9 Å². The number of fused-ring (bicyclic) bond motifs is 1. The van der Waals surface area contributed by atoms with Crippen LogP contribution in [0.3, 0.4) is 0 Å². The van der Waals surface area contributed by atoms with Crippen molar-refractivity contribution < 1.29 is 33.4 Å². The van der Waals surface area contributed by atoms with E-state index in [1.54, 1.807) is 25.3 Å². The molecule has 0 aromatic carbocycles. The van der Waals surface area contributed by atoms with Crippen molar-refractivity contribution in [2.45, 2.75) is 70.6 Å². The molecule has 2 aliphatic carbocycles. The number of aromatic nitrogens is 3. The fourth-order valence-electron chi connectivity index (χ4n) is 5.26. The van der Waals surface area contributed by atoms with E-state index in [2.05, 4.69) is 14.8 Å². The zero-order valence-electron chi connectivity index (χ0n) is 22.3. The number of aromatic amines is 1. The molecule has 2 fully saturated rings. The Morgan fingerprint density at radius 3 is 2.03 bits per heavy atom. The molecule has 2 aromatic rings. The molecular weight excluding hydrogens is 494 g/mol. The number of hydrogen-bond donors (Lipinski definition) is 1. The quantitative estimate of drug-likeness (QED) is 0.324. The summed E-state index contributed by atoms with van der Waals surface area (Å²) in [5.41, 5.74) is 1.38. The Morgan fingerprint density at radius 1 is 0.921 bits per heavy atom. The van der Waals surface area contributed by atoms with E-state index in [4.69, 9.17) is 9.47 Å². The van der Waals surface area contributed by atoms with Gasteiger partial charge in [-0.05, 0) is 58.3 Å². The van der Waals surface area contributed by atoms with E-state index in [9.17, 15) is 24.0 Å². The second-order valence-electron chi connectivity index (χ2n) is 9.77. The van der Waals surface area contributed by atoms with Gasteiger partial charge in [0.15, 0.2) is 5.65 Å². The summed E-state index contributed by atoms with van der Waals surface area (Å²) in [5.74, 6) is -0.827.